The fourth-order valence-electron chi connectivity index (χ4n) is 3.63. The van der Waals surface area contributed by atoms with Crippen molar-refractivity contribution >= 4 is 11.8 Å². The minimum atomic E-state index is -0.436. The number of hydrogen-bond donors (Lipinski definition) is 1. The minimum Gasteiger partial charge on any atom is -0.497 e. The molecular weight excluding hydrogens is 334 g/mol. The van der Waals surface area contributed by atoms with Crippen molar-refractivity contribution in [3.8, 4) is 11.5 Å². The zero-order valence-corrected chi connectivity index (χ0v) is 15.5. The highest BCUT2D eigenvalue weighted by atomic mass is 16.5. The Morgan fingerprint density at radius 3 is 2.38 bits per heavy atom. The molecule has 1 N–H and O–H groups in total. The highest BCUT2D eigenvalue weighted by Crippen LogP contribution is 2.25. The van der Waals surface area contributed by atoms with Crippen LogP contribution in [0.15, 0.2) is 18.2 Å². The van der Waals surface area contributed by atoms with Crippen LogP contribution in [0.5, 0.6) is 11.5 Å². The van der Waals surface area contributed by atoms with Gasteiger partial charge in [-0.15, -0.1) is 0 Å². The summed E-state index contributed by atoms with van der Waals surface area (Å²) in [5.74, 6) is 1.42. The number of nitrogens with one attached hydrogen (secondary N) is 1. The number of carbonyl (C=O) groups excluding carboxylic acids is 2. The number of ether oxygens (including phenoxy) is 2. The highest BCUT2D eigenvalue weighted by Gasteiger charge is 2.33. The molecule has 2 fully saturated rings. The SMILES string of the molecule is COc1cc(CN2CCNC(=O)C2CC(=O)N2CCCC2)cc(OC)c1. The van der Waals surface area contributed by atoms with E-state index in [1.165, 1.54) is 0 Å². The summed E-state index contributed by atoms with van der Waals surface area (Å²) in [6.07, 6.45) is 2.33. The van der Waals surface area contributed by atoms with Crippen LogP contribution < -0.4 is 14.8 Å². The van der Waals surface area contributed by atoms with Crippen molar-refractivity contribution in [3.05, 3.63) is 23.8 Å². The predicted molar refractivity (Wildman–Crippen MR) is 97.2 cm³/mol. The Morgan fingerprint density at radius 2 is 1.77 bits per heavy atom. The number of hydrogen-bond acceptors (Lipinski definition) is 5. The van der Waals surface area contributed by atoms with Gasteiger partial charge in [-0.25, -0.2) is 0 Å². The minimum absolute atomic E-state index is 0.0674. The predicted octanol–water partition coefficient (Wildman–Crippen LogP) is 1.02. The quantitative estimate of drug-likeness (QED) is 0.819. The Kier molecular flexibility index (Phi) is 5.98. The van der Waals surface area contributed by atoms with E-state index in [0.29, 0.717) is 31.1 Å². The Balaban J connectivity index is 1.73. The van der Waals surface area contributed by atoms with Crippen molar-refractivity contribution in [1.82, 2.24) is 15.1 Å². The van der Waals surface area contributed by atoms with Gasteiger partial charge >= 0.3 is 0 Å². The standard InChI is InChI=1S/C19H27N3O4/c1-25-15-9-14(10-16(11-15)26-2)13-22-8-5-20-19(24)17(22)12-18(23)21-6-3-4-7-21/h9-11,17H,3-8,12-13H2,1-2H3,(H,20,24). The molecule has 0 aromatic heterocycles. The van der Waals surface area contributed by atoms with Crippen LogP contribution in [0.2, 0.25) is 0 Å². The second-order valence-corrected chi connectivity index (χ2v) is 6.79. The van der Waals surface area contributed by atoms with Gasteiger partial charge in [-0.05, 0) is 30.5 Å². The van der Waals surface area contributed by atoms with E-state index in [4.69, 9.17) is 9.47 Å². The van der Waals surface area contributed by atoms with Gasteiger partial charge in [0, 0.05) is 38.8 Å². The van der Waals surface area contributed by atoms with Crippen LogP contribution in [-0.2, 0) is 16.1 Å². The van der Waals surface area contributed by atoms with Crippen molar-refractivity contribution in [2.75, 3.05) is 40.4 Å². The summed E-state index contributed by atoms with van der Waals surface area (Å²) in [7, 11) is 3.23. The summed E-state index contributed by atoms with van der Waals surface area (Å²) in [4.78, 5) is 28.9. The van der Waals surface area contributed by atoms with Crippen LogP contribution in [0.4, 0.5) is 0 Å². The summed E-state index contributed by atoms with van der Waals surface area (Å²) in [6, 6.07) is 5.26. The number of nitrogens with zero attached hydrogens (tertiary/aromatic N) is 2. The first-order valence-electron chi connectivity index (χ1n) is 9.12. The third kappa shape index (κ3) is 4.27. The summed E-state index contributed by atoms with van der Waals surface area (Å²) in [6.45, 7) is 3.48. The van der Waals surface area contributed by atoms with E-state index >= 15 is 0 Å². The average molecular weight is 361 g/mol. The molecule has 3 rings (SSSR count). The van der Waals surface area contributed by atoms with Crippen LogP contribution in [-0.4, -0.2) is 68.1 Å². The number of rotatable bonds is 6. The van der Waals surface area contributed by atoms with Crippen molar-refractivity contribution < 1.29 is 19.1 Å². The molecule has 1 aromatic rings. The fourth-order valence-corrected chi connectivity index (χ4v) is 3.63. The first kappa shape index (κ1) is 18.5. The van der Waals surface area contributed by atoms with Crippen LogP contribution in [0, 0.1) is 0 Å². The number of carbonyl (C=O) groups is 2. The van der Waals surface area contributed by atoms with Gasteiger partial charge in [-0.2, -0.15) is 0 Å². The number of methoxy groups -OCH3 is 2. The lowest BCUT2D eigenvalue weighted by molar-refractivity contribution is -0.138. The Hall–Kier alpha value is -2.28. The Labute approximate surface area is 154 Å². The van der Waals surface area contributed by atoms with Crippen molar-refractivity contribution in [2.45, 2.75) is 31.8 Å². The molecule has 26 heavy (non-hydrogen) atoms. The van der Waals surface area contributed by atoms with Gasteiger partial charge in [0.2, 0.25) is 11.8 Å². The Morgan fingerprint density at radius 1 is 1.12 bits per heavy atom. The van der Waals surface area contributed by atoms with E-state index in [-0.39, 0.29) is 18.2 Å². The fraction of sp³-hybridized carbons (Fsp3) is 0.579. The van der Waals surface area contributed by atoms with Gasteiger partial charge in [-0.3, -0.25) is 14.5 Å². The van der Waals surface area contributed by atoms with Gasteiger partial charge in [0.05, 0.1) is 26.7 Å². The van der Waals surface area contributed by atoms with Gasteiger partial charge in [-0.1, -0.05) is 0 Å². The molecule has 142 valence electrons. The van der Waals surface area contributed by atoms with Crippen LogP contribution in [0.1, 0.15) is 24.8 Å². The molecule has 7 heteroatoms. The molecule has 1 atom stereocenters. The molecule has 2 saturated heterocycles. The summed E-state index contributed by atoms with van der Waals surface area (Å²) >= 11 is 0. The maximum atomic E-state index is 12.5. The van der Waals surface area contributed by atoms with Gasteiger partial charge in [0.15, 0.2) is 0 Å². The van der Waals surface area contributed by atoms with Crippen LogP contribution in [0.3, 0.4) is 0 Å². The normalized spacial score (nSPS) is 20.8. The largest absolute Gasteiger partial charge is 0.497 e. The molecule has 1 aromatic carbocycles. The Bertz CT molecular complexity index is 636. The van der Waals surface area contributed by atoms with Gasteiger partial charge in [0.25, 0.3) is 0 Å². The summed E-state index contributed by atoms with van der Waals surface area (Å²) in [5, 5.41) is 2.89. The van der Waals surface area contributed by atoms with Gasteiger partial charge < -0.3 is 19.7 Å². The van der Waals surface area contributed by atoms with E-state index in [2.05, 4.69) is 10.2 Å². The van der Waals surface area contributed by atoms with Crippen LogP contribution in [0.25, 0.3) is 0 Å². The highest BCUT2D eigenvalue weighted by molar-refractivity contribution is 5.89. The molecule has 2 aliphatic heterocycles. The molecule has 2 aliphatic rings. The third-order valence-corrected chi connectivity index (χ3v) is 5.07. The van der Waals surface area contributed by atoms with E-state index < -0.39 is 6.04 Å². The summed E-state index contributed by atoms with van der Waals surface area (Å²) in [5.41, 5.74) is 0.995. The van der Waals surface area contributed by atoms with E-state index in [0.717, 1.165) is 31.5 Å². The average Bonchev–Trinajstić information content (AvgIpc) is 3.19. The lowest BCUT2D eigenvalue weighted by Crippen LogP contribution is -2.56. The zero-order chi connectivity index (χ0) is 18.5. The van der Waals surface area contributed by atoms with Crippen molar-refractivity contribution in [2.24, 2.45) is 0 Å². The lowest BCUT2D eigenvalue weighted by atomic mass is 10.1. The molecule has 2 heterocycles. The van der Waals surface area contributed by atoms with Gasteiger partial charge in [0.1, 0.15) is 11.5 Å². The van der Waals surface area contributed by atoms with Crippen molar-refractivity contribution in [1.29, 1.82) is 0 Å². The third-order valence-electron chi connectivity index (χ3n) is 5.07. The number of likely N-dealkylation sites (tertiary alicyclic amines) is 1. The molecule has 2 amide bonds. The topological polar surface area (TPSA) is 71.1 Å². The lowest BCUT2D eigenvalue weighted by Gasteiger charge is -2.35. The summed E-state index contributed by atoms with van der Waals surface area (Å²) < 4.78 is 10.7. The monoisotopic (exact) mass is 361 g/mol. The smallest absolute Gasteiger partial charge is 0.237 e. The van der Waals surface area contributed by atoms with E-state index in [9.17, 15) is 9.59 Å². The molecule has 0 spiro atoms. The maximum Gasteiger partial charge on any atom is 0.237 e. The number of piperazine rings is 1. The molecule has 0 radical (unpaired) electrons. The molecule has 1 unspecified atom stereocenters. The molecule has 0 aliphatic carbocycles. The number of benzene rings is 1. The first-order chi connectivity index (χ1) is 12.6. The molecule has 0 saturated carbocycles. The first-order valence-corrected chi connectivity index (χ1v) is 9.12. The van der Waals surface area contributed by atoms with Crippen molar-refractivity contribution in [3.63, 3.8) is 0 Å². The molecule has 0 bridgehead atoms. The molecule has 7 nitrogen and oxygen atoms in total. The number of amides is 2. The van der Waals surface area contributed by atoms with E-state index in [1.807, 2.05) is 23.1 Å². The molecular formula is C19H27N3O4. The second kappa shape index (κ2) is 8.40. The van der Waals surface area contributed by atoms with Crippen LogP contribution >= 0.6 is 0 Å². The van der Waals surface area contributed by atoms with E-state index in [1.54, 1.807) is 14.2 Å². The second-order valence-electron chi connectivity index (χ2n) is 6.79. The maximum absolute atomic E-state index is 12.5. The zero-order valence-electron chi connectivity index (χ0n) is 15.5.